The number of hydrogen-bond acceptors (Lipinski definition) is 3. The largest absolute Gasteiger partial charge is 0.479 e. The van der Waals surface area contributed by atoms with Gasteiger partial charge in [-0.25, -0.2) is 4.79 Å². The lowest BCUT2D eigenvalue weighted by molar-refractivity contribution is -0.142. The van der Waals surface area contributed by atoms with Crippen molar-refractivity contribution < 1.29 is 9.90 Å². The van der Waals surface area contributed by atoms with Gasteiger partial charge in [0.1, 0.15) is 5.54 Å². The number of aromatic nitrogens is 1. The van der Waals surface area contributed by atoms with E-state index in [1.807, 2.05) is 0 Å². The number of aryl methyl sites for hydroxylation is 2. The van der Waals surface area contributed by atoms with Crippen molar-refractivity contribution in [2.45, 2.75) is 52.1 Å². The van der Waals surface area contributed by atoms with Crippen molar-refractivity contribution >= 4 is 33.5 Å². The number of aliphatic carboxylic acids is 1. The molecule has 1 aliphatic heterocycles. The molecule has 1 atom stereocenters. The molecule has 5 heteroatoms. The highest BCUT2D eigenvalue weighted by atomic mass is 16.4. The van der Waals surface area contributed by atoms with Gasteiger partial charge >= 0.3 is 5.97 Å². The molecule has 0 amide bonds. The third kappa shape index (κ3) is 2.76. The number of carbonyl (C=O) groups is 1. The van der Waals surface area contributed by atoms with Gasteiger partial charge in [0.15, 0.2) is 0 Å². The third-order valence-electron chi connectivity index (χ3n) is 6.04. The number of carboxylic acid groups (broad SMARTS) is 1. The number of anilines is 1. The molecular formula is C23H29N3O2. The van der Waals surface area contributed by atoms with Crippen molar-refractivity contribution in [3.63, 3.8) is 0 Å². The van der Waals surface area contributed by atoms with E-state index in [0.717, 1.165) is 29.7 Å². The summed E-state index contributed by atoms with van der Waals surface area (Å²) in [6.07, 6.45) is 1.46. The van der Waals surface area contributed by atoms with E-state index in [4.69, 9.17) is 0 Å². The summed E-state index contributed by atoms with van der Waals surface area (Å²) in [5.74, 6) is -0.792. The molecule has 3 N–H and O–H groups in total. The normalized spacial score (nSPS) is 20.2. The second-order valence-electron chi connectivity index (χ2n) is 8.38. The highest BCUT2D eigenvalue weighted by Gasteiger charge is 2.40. The molecule has 1 aliphatic rings. The van der Waals surface area contributed by atoms with Crippen molar-refractivity contribution in [2.24, 2.45) is 0 Å². The van der Waals surface area contributed by atoms with Gasteiger partial charge < -0.3 is 20.3 Å². The minimum Gasteiger partial charge on any atom is -0.479 e. The van der Waals surface area contributed by atoms with Crippen LogP contribution in [0.5, 0.6) is 0 Å². The van der Waals surface area contributed by atoms with Crippen LogP contribution in [-0.4, -0.2) is 34.3 Å². The van der Waals surface area contributed by atoms with Crippen molar-refractivity contribution in [2.75, 3.05) is 18.4 Å². The molecule has 5 nitrogen and oxygen atoms in total. The first-order chi connectivity index (χ1) is 13.4. The van der Waals surface area contributed by atoms with Gasteiger partial charge in [-0.05, 0) is 64.3 Å². The van der Waals surface area contributed by atoms with Crippen molar-refractivity contribution in [3.05, 3.63) is 41.5 Å². The molecule has 0 spiro atoms. The molecule has 1 aromatic heterocycles. The van der Waals surface area contributed by atoms with E-state index in [1.54, 1.807) is 0 Å². The second-order valence-corrected chi connectivity index (χ2v) is 8.38. The van der Waals surface area contributed by atoms with Gasteiger partial charge in [-0.1, -0.05) is 24.3 Å². The average Bonchev–Trinajstić information content (AvgIpc) is 3.01. The molecule has 2 aromatic carbocycles. The maximum atomic E-state index is 12.3. The van der Waals surface area contributed by atoms with Gasteiger partial charge in [-0.15, -0.1) is 0 Å². The van der Waals surface area contributed by atoms with Gasteiger partial charge in [0, 0.05) is 28.9 Å². The highest BCUT2D eigenvalue weighted by Crippen LogP contribution is 2.41. The van der Waals surface area contributed by atoms with Gasteiger partial charge in [-0.3, -0.25) is 0 Å². The number of carboxylic acids is 1. The van der Waals surface area contributed by atoms with Gasteiger partial charge in [0.2, 0.25) is 0 Å². The topological polar surface area (TPSA) is 66.3 Å². The fourth-order valence-electron chi connectivity index (χ4n) is 4.75. The van der Waals surface area contributed by atoms with Crippen molar-refractivity contribution in [1.82, 2.24) is 9.88 Å². The van der Waals surface area contributed by atoms with Crippen molar-refractivity contribution in [1.29, 1.82) is 0 Å². The molecule has 148 valence electrons. The van der Waals surface area contributed by atoms with Gasteiger partial charge in [0.25, 0.3) is 0 Å². The molecular weight excluding hydrogens is 350 g/mol. The lowest BCUT2D eigenvalue weighted by Crippen LogP contribution is -2.57. The van der Waals surface area contributed by atoms with Crippen LogP contribution in [0.15, 0.2) is 30.3 Å². The Morgan fingerprint density at radius 1 is 1.25 bits per heavy atom. The van der Waals surface area contributed by atoms with Crippen LogP contribution in [-0.2, 0) is 4.79 Å². The van der Waals surface area contributed by atoms with Crippen LogP contribution in [0.1, 0.15) is 43.9 Å². The maximum Gasteiger partial charge on any atom is 0.330 e. The van der Waals surface area contributed by atoms with Crippen LogP contribution in [0, 0.1) is 13.8 Å². The molecule has 0 aliphatic carbocycles. The summed E-state index contributed by atoms with van der Waals surface area (Å²) in [5.41, 5.74) is 4.57. The minimum absolute atomic E-state index is 0.259. The lowest BCUT2D eigenvalue weighted by atomic mass is 9.89. The number of para-hydroxylation sites is 1. The van der Waals surface area contributed by atoms with Crippen LogP contribution in [0.2, 0.25) is 0 Å². The SMILES string of the molecule is Cc1cc(C)c2c3ccccc3n(C(C)C)c2c1NC1(C(=O)O)CCCNC1. The lowest BCUT2D eigenvalue weighted by Gasteiger charge is -2.36. The minimum atomic E-state index is -0.983. The number of rotatable bonds is 4. The standard InChI is InChI=1S/C23H29N3O2/c1-14(2)26-18-9-6-5-8-17(18)19-15(3)12-16(4)20(21(19)26)25-23(22(27)28)10-7-11-24-13-23/h5-6,8-9,12,14,24-25H,7,10-11,13H2,1-4H3,(H,27,28). The van der Waals surface area contributed by atoms with Crippen LogP contribution in [0.25, 0.3) is 21.8 Å². The Balaban J connectivity index is 2.05. The zero-order valence-corrected chi connectivity index (χ0v) is 17.1. The quantitative estimate of drug-likeness (QED) is 0.619. The zero-order valence-electron chi connectivity index (χ0n) is 17.1. The zero-order chi connectivity index (χ0) is 20.1. The molecule has 0 radical (unpaired) electrons. The van der Waals surface area contributed by atoms with Gasteiger partial charge in [-0.2, -0.15) is 0 Å². The summed E-state index contributed by atoms with van der Waals surface area (Å²) in [4.78, 5) is 12.3. The molecule has 4 rings (SSSR count). The van der Waals surface area contributed by atoms with E-state index in [1.165, 1.54) is 21.9 Å². The fourth-order valence-corrected chi connectivity index (χ4v) is 4.75. The first-order valence-electron chi connectivity index (χ1n) is 10.1. The van der Waals surface area contributed by atoms with E-state index in [2.05, 4.69) is 73.2 Å². The predicted molar refractivity (Wildman–Crippen MR) is 115 cm³/mol. The average molecular weight is 380 g/mol. The monoisotopic (exact) mass is 379 g/mol. The smallest absolute Gasteiger partial charge is 0.330 e. The van der Waals surface area contributed by atoms with Crippen LogP contribution in [0.4, 0.5) is 5.69 Å². The summed E-state index contributed by atoms with van der Waals surface area (Å²) >= 11 is 0. The summed E-state index contributed by atoms with van der Waals surface area (Å²) in [6, 6.07) is 10.9. The highest BCUT2D eigenvalue weighted by molar-refractivity contribution is 6.14. The van der Waals surface area contributed by atoms with Crippen LogP contribution in [0.3, 0.4) is 0 Å². The predicted octanol–water partition coefficient (Wildman–Crippen LogP) is 4.61. The van der Waals surface area contributed by atoms with Crippen LogP contribution < -0.4 is 10.6 Å². The Morgan fingerprint density at radius 2 is 2.00 bits per heavy atom. The Morgan fingerprint density at radius 3 is 2.64 bits per heavy atom. The number of fused-ring (bicyclic) bond motifs is 3. The number of piperidine rings is 1. The molecule has 0 bridgehead atoms. The molecule has 1 saturated heterocycles. The van der Waals surface area contributed by atoms with Crippen LogP contribution >= 0.6 is 0 Å². The van der Waals surface area contributed by atoms with E-state index >= 15 is 0 Å². The molecule has 1 unspecified atom stereocenters. The summed E-state index contributed by atoms with van der Waals surface area (Å²) in [6.45, 7) is 9.88. The van der Waals surface area contributed by atoms with E-state index in [0.29, 0.717) is 13.0 Å². The Kier molecular flexibility index (Phi) is 4.58. The molecule has 28 heavy (non-hydrogen) atoms. The number of nitrogens with one attached hydrogen (secondary N) is 2. The molecule has 3 aromatic rings. The summed E-state index contributed by atoms with van der Waals surface area (Å²) in [5, 5.41) is 19.3. The third-order valence-corrected chi connectivity index (χ3v) is 6.04. The Hall–Kier alpha value is -2.53. The van der Waals surface area contributed by atoms with E-state index in [9.17, 15) is 9.90 Å². The molecule has 0 saturated carbocycles. The second kappa shape index (κ2) is 6.82. The van der Waals surface area contributed by atoms with E-state index < -0.39 is 11.5 Å². The first kappa shape index (κ1) is 18.8. The van der Waals surface area contributed by atoms with Gasteiger partial charge in [0.05, 0.1) is 11.2 Å². The van der Waals surface area contributed by atoms with Crippen molar-refractivity contribution in [3.8, 4) is 0 Å². The molecule has 1 fully saturated rings. The maximum absolute atomic E-state index is 12.3. The van der Waals surface area contributed by atoms with E-state index in [-0.39, 0.29) is 6.04 Å². The fraction of sp³-hybridized carbons (Fsp3) is 0.435. The Labute approximate surface area is 165 Å². The number of benzene rings is 2. The molecule has 2 heterocycles. The Bertz CT molecular complexity index is 1060. The summed E-state index contributed by atoms with van der Waals surface area (Å²) < 4.78 is 2.35. The first-order valence-corrected chi connectivity index (χ1v) is 10.1. The summed E-state index contributed by atoms with van der Waals surface area (Å²) in [7, 11) is 0. The number of nitrogens with zero attached hydrogens (tertiary/aromatic N) is 1. The number of hydrogen-bond donors (Lipinski definition) is 3.